The number of likely N-dealkylation sites (tertiary alicyclic amines) is 1. The maximum absolute atomic E-state index is 15.5. The van der Waals surface area contributed by atoms with Crippen LogP contribution in [-0.2, 0) is 4.74 Å². The highest BCUT2D eigenvalue weighted by Gasteiger charge is 2.46. The van der Waals surface area contributed by atoms with Gasteiger partial charge in [-0.1, -0.05) is 11.3 Å². The summed E-state index contributed by atoms with van der Waals surface area (Å²) in [5.41, 5.74) is -0.931. The van der Waals surface area contributed by atoms with Gasteiger partial charge in [-0.15, -0.1) is 0 Å². The number of halogens is 4. The van der Waals surface area contributed by atoms with E-state index in [-0.39, 0.29) is 43.9 Å². The summed E-state index contributed by atoms with van der Waals surface area (Å²) in [4.78, 5) is 21.7. The van der Waals surface area contributed by atoms with Gasteiger partial charge in [-0.25, -0.2) is 27.5 Å². The first-order valence-electron chi connectivity index (χ1n) is 15.1. The van der Waals surface area contributed by atoms with Crippen molar-refractivity contribution in [2.75, 3.05) is 32.8 Å². The SMILES string of the molecule is C=Nc1nc2c(-c3ncc4c(c3C(F)F)N=C(OCC35CCCN3CCC5)NC4N3CC4CCC(C3)N4)c(F)cc(F)c2s1. The number of nitrogens with zero attached hydrogens (tertiary/aromatic N) is 6. The van der Waals surface area contributed by atoms with Gasteiger partial charge >= 0.3 is 0 Å². The van der Waals surface area contributed by atoms with Crippen LogP contribution in [0, 0.1) is 11.6 Å². The fraction of sp³-hybridized carbons (Fsp3) is 0.533. The van der Waals surface area contributed by atoms with E-state index < -0.39 is 29.8 Å². The van der Waals surface area contributed by atoms with Crippen molar-refractivity contribution in [1.29, 1.82) is 0 Å². The van der Waals surface area contributed by atoms with Gasteiger partial charge in [0.1, 0.15) is 24.4 Å². The molecule has 0 saturated carbocycles. The van der Waals surface area contributed by atoms with Crippen LogP contribution in [-0.4, -0.2) is 82.9 Å². The summed E-state index contributed by atoms with van der Waals surface area (Å²) in [6.07, 6.45) is 4.22. The number of pyridine rings is 1. The molecule has 2 N–H and O–H groups in total. The Bertz CT molecular complexity index is 1660. The summed E-state index contributed by atoms with van der Waals surface area (Å²) in [6.45, 7) is 7.31. The quantitative estimate of drug-likeness (QED) is 0.272. The molecule has 3 aromatic rings. The van der Waals surface area contributed by atoms with Crippen molar-refractivity contribution in [3.63, 3.8) is 0 Å². The van der Waals surface area contributed by atoms with Gasteiger partial charge in [-0.2, -0.15) is 4.99 Å². The maximum Gasteiger partial charge on any atom is 0.291 e. The second kappa shape index (κ2) is 10.7. The molecule has 9 nitrogen and oxygen atoms in total. The number of thiazole rings is 1. The van der Waals surface area contributed by atoms with E-state index in [0.717, 1.165) is 63.0 Å². The number of hydrogen-bond donors (Lipinski definition) is 2. The molecule has 5 aliphatic rings. The van der Waals surface area contributed by atoms with Gasteiger partial charge in [0.15, 0.2) is 0 Å². The Kier molecular flexibility index (Phi) is 6.88. The average molecular weight is 629 g/mol. The third kappa shape index (κ3) is 4.52. The molecule has 1 aromatic carbocycles. The van der Waals surface area contributed by atoms with Crippen molar-refractivity contribution in [3.05, 3.63) is 35.0 Å². The molecule has 4 saturated heterocycles. The van der Waals surface area contributed by atoms with E-state index in [1.165, 1.54) is 6.20 Å². The van der Waals surface area contributed by atoms with E-state index in [1.807, 2.05) is 0 Å². The Hall–Kier alpha value is -3.20. The minimum Gasteiger partial charge on any atom is -0.463 e. The van der Waals surface area contributed by atoms with Crippen molar-refractivity contribution in [3.8, 4) is 11.3 Å². The van der Waals surface area contributed by atoms with Gasteiger partial charge in [0.25, 0.3) is 12.4 Å². The van der Waals surface area contributed by atoms with E-state index >= 15 is 13.2 Å². The number of piperazine rings is 1. The first kappa shape index (κ1) is 28.3. The van der Waals surface area contributed by atoms with E-state index in [0.29, 0.717) is 43.4 Å². The smallest absolute Gasteiger partial charge is 0.291 e. The van der Waals surface area contributed by atoms with Crippen LogP contribution >= 0.6 is 11.3 Å². The average Bonchev–Trinajstić information content (AvgIpc) is 3.78. The van der Waals surface area contributed by atoms with Crippen molar-refractivity contribution >= 4 is 45.1 Å². The molecule has 14 heteroatoms. The van der Waals surface area contributed by atoms with Crippen LogP contribution in [0.5, 0.6) is 0 Å². The lowest BCUT2D eigenvalue weighted by Gasteiger charge is -2.41. The third-order valence-corrected chi connectivity index (χ3v) is 10.9. The molecule has 0 radical (unpaired) electrons. The second-order valence-electron chi connectivity index (χ2n) is 12.4. The molecule has 3 atom stereocenters. The van der Waals surface area contributed by atoms with Crippen LogP contribution in [0.4, 0.5) is 28.4 Å². The molecule has 4 fully saturated rings. The van der Waals surface area contributed by atoms with E-state index in [1.54, 1.807) is 0 Å². The Morgan fingerprint density at radius 2 is 1.89 bits per heavy atom. The zero-order valence-electron chi connectivity index (χ0n) is 24.0. The Morgan fingerprint density at radius 3 is 2.59 bits per heavy atom. The fourth-order valence-corrected chi connectivity index (χ4v) is 8.74. The second-order valence-corrected chi connectivity index (χ2v) is 13.4. The largest absolute Gasteiger partial charge is 0.463 e. The van der Waals surface area contributed by atoms with Gasteiger partial charge in [0.05, 0.1) is 38.3 Å². The van der Waals surface area contributed by atoms with Crippen LogP contribution in [0.15, 0.2) is 22.2 Å². The number of alkyl halides is 2. The summed E-state index contributed by atoms with van der Waals surface area (Å²) >= 11 is 0.864. The normalized spacial score (nSPS) is 26.1. The van der Waals surface area contributed by atoms with Crippen molar-refractivity contribution in [1.82, 2.24) is 30.4 Å². The zero-order valence-corrected chi connectivity index (χ0v) is 24.8. The monoisotopic (exact) mass is 628 g/mol. The molecule has 2 bridgehead atoms. The number of ether oxygens (including phenoxy) is 1. The number of amidine groups is 1. The van der Waals surface area contributed by atoms with Crippen LogP contribution in [0.2, 0.25) is 0 Å². The van der Waals surface area contributed by atoms with Crippen molar-refractivity contribution in [2.45, 2.75) is 68.7 Å². The zero-order chi connectivity index (χ0) is 30.2. The highest BCUT2D eigenvalue weighted by molar-refractivity contribution is 7.22. The van der Waals surface area contributed by atoms with Gasteiger partial charge in [0.2, 0.25) is 5.13 Å². The van der Waals surface area contributed by atoms with Gasteiger partial charge < -0.3 is 15.4 Å². The molecular weight excluding hydrogens is 596 g/mol. The Labute approximate surface area is 255 Å². The van der Waals surface area contributed by atoms with Crippen LogP contribution < -0.4 is 10.6 Å². The van der Waals surface area contributed by atoms with Gasteiger partial charge in [-0.05, 0) is 58.3 Å². The van der Waals surface area contributed by atoms with Crippen LogP contribution in [0.1, 0.15) is 62.2 Å². The number of nitrogens with one attached hydrogen (secondary N) is 2. The highest BCUT2D eigenvalue weighted by Crippen LogP contribution is 2.47. The summed E-state index contributed by atoms with van der Waals surface area (Å²) < 4.78 is 67.0. The first-order chi connectivity index (χ1) is 21.3. The first-order valence-corrected chi connectivity index (χ1v) is 15.9. The maximum atomic E-state index is 15.5. The lowest BCUT2D eigenvalue weighted by molar-refractivity contribution is 0.0889. The van der Waals surface area contributed by atoms with Crippen LogP contribution in [0.3, 0.4) is 0 Å². The highest BCUT2D eigenvalue weighted by atomic mass is 32.1. The van der Waals surface area contributed by atoms with Gasteiger partial charge in [0, 0.05) is 43.0 Å². The Morgan fingerprint density at radius 1 is 1.14 bits per heavy atom. The topological polar surface area (TPSA) is 90.3 Å². The summed E-state index contributed by atoms with van der Waals surface area (Å²) in [6, 6.07) is 1.43. The summed E-state index contributed by atoms with van der Waals surface area (Å²) in [5.74, 6) is -1.90. The predicted octanol–water partition coefficient (Wildman–Crippen LogP) is 5.58. The summed E-state index contributed by atoms with van der Waals surface area (Å²) in [7, 11) is 0. The fourth-order valence-electron chi connectivity index (χ4n) is 7.95. The minimum atomic E-state index is -3.07. The molecular formula is C30H32F4N8OS. The van der Waals surface area contributed by atoms with Crippen molar-refractivity contribution < 1.29 is 22.3 Å². The number of aromatic nitrogens is 2. The molecule has 44 heavy (non-hydrogen) atoms. The minimum absolute atomic E-state index is 0.00370. The molecule has 5 aliphatic heterocycles. The molecule has 7 heterocycles. The molecule has 232 valence electrons. The molecule has 2 aromatic heterocycles. The number of rotatable bonds is 6. The number of aliphatic imine (C=N–C) groups is 2. The molecule has 8 rings (SSSR count). The lowest BCUT2D eigenvalue weighted by Crippen LogP contribution is -2.56. The summed E-state index contributed by atoms with van der Waals surface area (Å²) in [5, 5.41) is 7.11. The predicted molar refractivity (Wildman–Crippen MR) is 160 cm³/mol. The molecule has 3 unspecified atom stereocenters. The van der Waals surface area contributed by atoms with Crippen molar-refractivity contribution in [2.24, 2.45) is 9.98 Å². The van der Waals surface area contributed by atoms with E-state index in [2.05, 4.69) is 47.1 Å². The Balaban J connectivity index is 1.26. The molecule has 0 aliphatic carbocycles. The third-order valence-electron chi connectivity index (χ3n) is 9.94. The molecule has 0 amide bonds. The van der Waals surface area contributed by atoms with Crippen LogP contribution in [0.25, 0.3) is 21.5 Å². The lowest BCUT2D eigenvalue weighted by atomic mass is 9.95. The number of hydrogen-bond acceptors (Lipinski definition) is 10. The number of benzene rings is 1. The van der Waals surface area contributed by atoms with E-state index in [4.69, 9.17) is 4.74 Å². The van der Waals surface area contributed by atoms with Gasteiger partial charge in [-0.3, -0.25) is 14.8 Å². The standard InChI is InChI=1S/C30H32F4N8OS/c1-35-29-39-24-20(18(31)10-19(32)25(24)44-29)23-21(26(33)34)22-17(11-36-23)27(41-12-15-4-5-16(13-41)37-15)40-28(38-22)43-14-30-6-2-8-42(30)9-3-7-30/h10-11,15-16,26-27,37H,1-9,12-14H2,(H,38,40). The molecule has 0 spiro atoms. The number of fused-ring (bicyclic) bond motifs is 5. The van der Waals surface area contributed by atoms with E-state index in [9.17, 15) is 4.39 Å².